The van der Waals surface area contributed by atoms with E-state index in [4.69, 9.17) is 5.11 Å². The molecule has 72 valence electrons. The normalized spacial score (nSPS) is 8.64. The van der Waals surface area contributed by atoms with E-state index in [0.29, 0.717) is 0 Å². The van der Waals surface area contributed by atoms with Crippen LogP contribution >= 0.6 is 0 Å². The number of carboxylic acids is 1. The molecule has 14 heavy (non-hydrogen) atoms. The number of esters is 1. The number of rotatable bonds is 1. The fourth-order valence-electron chi connectivity index (χ4n) is 0.713. The van der Waals surface area contributed by atoms with Crippen LogP contribution in [0.1, 0.15) is 16.1 Å². The molecule has 1 aromatic rings. The Balaban J connectivity index is 2.95. The lowest BCUT2D eigenvalue weighted by Crippen LogP contribution is -2.00. The zero-order valence-corrected chi connectivity index (χ0v) is 7.20. The molecule has 0 unspecified atom stereocenters. The van der Waals surface area contributed by atoms with E-state index in [9.17, 15) is 9.59 Å². The van der Waals surface area contributed by atoms with Crippen molar-refractivity contribution < 1.29 is 19.4 Å². The van der Waals surface area contributed by atoms with Gasteiger partial charge in [-0.2, -0.15) is 5.10 Å². The molecule has 6 nitrogen and oxygen atoms in total. The highest BCUT2D eigenvalue weighted by molar-refractivity contribution is 5.91. The fourth-order valence-corrected chi connectivity index (χ4v) is 0.713. The summed E-state index contributed by atoms with van der Waals surface area (Å²) in [5, 5.41) is 14.4. The Morgan fingerprint density at radius 1 is 1.64 bits per heavy atom. The van der Waals surface area contributed by atoms with Gasteiger partial charge in [-0.1, -0.05) is 5.92 Å². The number of carbonyl (C=O) groups excluding carboxylic acids is 1. The van der Waals surface area contributed by atoms with Crippen molar-refractivity contribution in [1.82, 2.24) is 10.2 Å². The van der Waals surface area contributed by atoms with Gasteiger partial charge in [0, 0.05) is 5.92 Å². The van der Waals surface area contributed by atoms with Crippen LogP contribution in [0.2, 0.25) is 0 Å². The molecule has 0 spiro atoms. The van der Waals surface area contributed by atoms with Crippen LogP contribution in [0.5, 0.6) is 0 Å². The van der Waals surface area contributed by atoms with Gasteiger partial charge >= 0.3 is 11.9 Å². The number of aromatic nitrogens is 2. The van der Waals surface area contributed by atoms with Crippen LogP contribution in [0, 0.1) is 11.8 Å². The van der Waals surface area contributed by atoms with E-state index < -0.39 is 11.9 Å². The Morgan fingerprint density at radius 3 is 2.93 bits per heavy atom. The molecule has 0 fully saturated rings. The zero-order chi connectivity index (χ0) is 10.6. The number of aromatic amines is 1. The third kappa shape index (κ3) is 2.10. The lowest BCUT2D eigenvalue weighted by atomic mass is 10.2. The lowest BCUT2D eigenvalue weighted by molar-refractivity contribution is -0.133. The highest BCUT2D eigenvalue weighted by Crippen LogP contribution is 2.01. The minimum atomic E-state index is -1.18. The van der Waals surface area contributed by atoms with Gasteiger partial charge in [0.15, 0.2) is 5.69 Å². The minimum absolute atomic E-state index is 0.142. The molecule has 0 saturated carbocycles. The highest BCUT2D eigenvalue weighted by Gasteiger charge is 2.09. The maximum atomic E-state index is 10.6. The van der Waals surface area contributed by atoms with Gasteiger partial charge in [-0.15, -0.1) is 0 Å². The summed E-state index contributed by atoms with van der Waals surface area (Å²) in [6.07, 6.45) is 1.22. The Kier molecular flexibility index (Phi) is 2.86. The van der Waals surface area contributed by atoms with Crippen LogP contribution < -0.4 is 0 Å². The van der Waals surface area contributed by atoms with Gasteiger partial charge in [0.25, 0.3) is 0 Å². The van der Waals surface area contributed by atoms with Crippen LogP contribution in [-0.2, 0) is 9.53 Å². The van der Waals surface area contributed by atoms with E-state index in [-0.39, 0.29) is 11.3 Å². The summed E-state index contributed by atoms with van der Waals surface area (Å²) in [5.41, 5.74) is -0.00990. The second kappa shape index (κ2) is 4.09. The summed E-state index contributed by atoms with van der Waals surface area (Å²) in [6, 6.07) is 0. The van der Waals surface area contributed by atoms with Gasteiger partial charge in [0.2, 0.25) is 0 Å². The molecule has 6 heteroatoms. The number of ether oxygens (including phenoxy) is 1. The summed E-state index contributed by atoms with van der Waals surface area (Å²) in [4.78, 5) is 21.2. The van der Waals surface area contributed by atoms with Crippen molar-refractivity contribution in [2.24, 2.45) is 0 Å². The number of carboxylic acid groups (broad SMARTS) is 1. The largest absolute Gasteiger partial charge is 0.476 e. The van der Waals surface area contributed by atoms with Gasteiger partial charge in [-0.05, 0) is 0 Å². The monoisotopic (exact) mass is 194 g/mol. The molecule has 0 aliphatic heterocycles. The van der Waals surface area contributed by atoms with Crippen molar-refractivity contribution >= 4 is 11.9 Å². The maximum Gasteiger partial charge on any atom is 0.384 e. The summed E-state index contributed by atoms with van der Waals surface area (Å²) in [5.74, 6) is 2.50. The lowest BCUT2D eigenvalue weighted by Gasteiger charge is -1.87. The second-order valence-corrected chi connectivity index (χ2v) is 2.21. The van der Waals surface area contributed by atoms with E-state index >= 15 is 0 Å². The van der Waals surface area contributed by atoms with Crippen LogP contribution in [-0.4, -0.2) is 34.4 Å². The van der Waals surface area contributed by atoms with Gasteiger partial charge in [-0.25, -0.2) is 9.59 Å². The average Bonchev–Trinajstić information content (AvgIpc) is 2.62. The molecule has 0 atom stereocenters. The SMILES string of the molecule is COC(=O)C#Cc1cn[nH]c1C(=O)O. The number of H-pyrrole nitrogens is 1. The minimum Gasteiger partial charge on any atom is -0.476 e. The number of hydrogen-bond acceptors (Lipinski definition) is 4. The van der Waals surface area contributed by atoms with E-state index in [0.717, 1.165) is 0 Å². The van der Waals surface area contributed by atoms with Crippen molar-refractivity contribution in [2.45, 2.75) is 0 Å². The molecule has 1 heterocycles. The summed E-state index contributed by atoms with van der Waals surface area (Å²) in [6.45, 7) is 0. The average molecular weight is 194 g/mol. The first-order chi connectivity index (χ1) is 6.65. The van der Waals surface area contributed by atoms with Crippen molar-refractivity contribution in [3.8, 4) is 11.8 Å². The molecular formula is C8H6N2O4. The number of nitrogens with one attached hydrogen (secondary N) is 1. The third-order valence-corrected chi connectivity index (χ3v) is 1.34. The maximum absolute atomic E-state index is 10.6. The van der Waals surface area contributed by atoms with Crippen LogP contribution in [0.15, 0.2) is 6.20 Å². The second-order valence-electron chi connectivity index (χ2n) is 2.21. The molecule has 1 rings (SSSR count). The van der Waals surface area contributed by atoms with Crippen LogP contribution in [0.3, 0.4) is 0 Å². The Bertz CT molecular complexity index is 424. The Morgan fingerprint density at radius 2 is 2.36 bits per heavy atom. The molecule has 1 aromatic heterocycles. The number of hydrogen-bond donors (Lipinski definition) is 2. The molecule has 0 amide bonds. The topological polar surface area (TPSA) is 92.3 Å². The van der Waals surface area contributed by atoms with Crippen LogP contribution in [0.25, 0.3) is 0 Å². The molecule has 0 aromatic carbocycles. The summed E-state index contributed by atoms with van der Waals surface area (Å²) >= 11 is 0. The van der Waals surface area contributed by atoms with Crippen molar-refractivity contribution in [3.05, 3.63) is 17.5 Å². The first-order valence-electron chi connectivity index (χ1n) is 3.51. The van der Waals surface area contributed by atoms with Gasteiger partial charge in [0.05, 0.1) is 18.9 Å². The smallest absolute Gasteiger partial charge is 0.384 e. The predicted molar refractivity (Wildman–Crippen MR) is 44.4 cm³/mol. The summed E-state index contributed by atoms with van der Waals surface area (Å²) in [7, 11) is 1.19. The van der Waals surface area contributed by atoms with E-state index in [1.165, 1.54) is 13.3 Å². The summed E-state index contributed by atoms with van der Waals surface area (Å²) < 4.78 is 4.26. The molecule has 2 N–H and O–H groups in total. The Hall–Kier alpha value is -2.29. The number of aromatic carboxylic acids is 1. The quantitative estimate of drug-likeness (QED) is 0.470. The predicted octanol–water partition coefficient (Wildman–Crippen LogP) is -0.368. The zero-order valence-electron chi connectivity index (χ0n) is 7.20. The molecule has 0 aliphatic carbocycles. The standard InChI is InChI=1S/C8H6N2O4/c1-14-6(11)3-2-5-4-9-10-7(5)8(12)13/h4H,1H3,(H,9,10)(H,12,13). The Labute approximate surface area is 78.9 Å². The van der Waals surface area contributed by atoms with Crippen molar-refractivity contribution in [3.63, 3.8) is 0 Å². The van der Waals surface area contributed by atoms with Gasteiger partial charge in [-0.3, -0.25) is 5.10 Å². The molecule has 0 saturated heterocycles. The van der Waals surface area contributed by atoms with E-state index in [1.807, 2.05) is 0 Å². The molecule has 0 radical (unpaired) electrons. The van der Waals surface area contributed by atoms with Crippen molar-refractivity contribution in [1.29, 1.82) is 0 Å². The first-order valence-corrected chi connectivity index (χ1v) is 3.51. The van der Waals surface area contributed by atoms with Crippen molar-refractivity contribution in [2.75, 3.05) is 7.11 Å². The van der Waals surface area contributed by atoms with Gasteiger partial charge in [0.1, 0.15) is 0 Å². The number of nitrogens with zero attached hydrogens (tertiary/aromatic N) is 1. The highest BCUT2D eigenvalue weighted by atomic mass is 16.5. The van der Waals surface area contributed by atoms with Gasteiger partial charge < -0.3 is 9.84 Å². The molecule has 0 aliphatic rings. The number of methoxy groups -OCH3 is 1. The third-order valence-electron chi connectivity index (χ3n) is 1.34. The van der Waals surface area contributed by atoms with Crippen LogP contribution in [0.4, 0.5) is 0 Å². The molecular weight excluding hydrogens is 188 g/mol. The first kappa shape index (κ1) is 9.80. The molecule has 0 bridgehead atoms. The van der Waals surface area contributed by atoms with E-state index in [1.54, 1.807) is 0 Å². The number of carbonyl (C=O) groups is 2. The van der Waals surface area contributed by atoms with E-state index in [2.05, 4.69) is 26.8 Å². The fraction of sp³-hybridized carbons (Fsp3) is 0.125.